The van der Waals surface area contributed by atoms with Crippen molar-refractivity contribution < 1.29 is 23.6 Å². The molecule has 0 saturated carbocycles. The number of nitrogens with zero attached hydrogens (tertiary/aromatic N) is 1. The highest BCUT2D eigenvalue weighted by Gasteiger charge is 2.19. The first-order valence-electron chi connectivity index (χ1n) is 9.58. The van der Waals surface area contributed by atoms with Crippen molar-refractivity contribution in [1.29, 1.82) is 0 Å². The van der Waals surface area contributed by atoms with E-state index in [1.807, 2.05) is 0 Å². The highest BCUT2D eigenvalue weighted by molar-refractivity contribution is 6.35. The number of oxime groups is 1. The maximum atomic E-state index is 12.4. The highest BCUT2D eigenvalue weighted by Crippen LogP contribution is 2.21. The SMILES string of the molecule is COC(=O)c1cc(NC(=O)c2ccccc2)c(=O)oc1C/C=N/OCc1ccc(Cl)cc1Cl. The Morgan fingerprint density at radius 2 is 1.88 bits per heavy atom. The number of benzene rings is 2. The van der Waals surface area contributed by atoms with Crippen molar-refractivity contribution in [2.45, 2.75) is 13.0 Å². The number of anilines is 1. The van der Waals surface area contributed by atoms with Gasteiger partial charge in [0.15, 0.2) is 0 Å². The van der Waals surface area contributed by atoms with Gasteiger partial charge in [-0.05, 0) is 30.3 Å². The number of esters is 1. The van der Waals surface area contributed by atoms with E-state index in [-0.39, 0.29) is 30.0 Å². The van der Waals surface area contributed by atoms with Crippen LogP contribution in [0, 0.1) is 0 Å². The summed E-state index contributed by atoms with van der Waals surface area (Å²) in [4.78, 5) is 42.1. The van der Waals surface area contributed by atoms with Crippen molar-refractivity contribution in [1.82, 2.24) is 0 Å². The van der Waals surface area contributed by atoms with E-state index in [1.165, 1.54) is 19.4 Å². The zero-order valence-electron chi connectivity index (χ0n) is 17.3. The summed E-state index contributed by atoms with van der Waals surface area (Å²) in [6, 6.07) is 14.5. The fourth-order valence-electron chi connectivity index (χ4n) is 2.73. The van der Waals surface area contributed by atoms with Gasteiger partial charge in [0.25, 0.3) is 5.91 Å². The number of hydrogen-bond acceptors (Lipinski definition) is 7. The summed E-state index contributed by atoms with van der Waals surface area (Å²) in [7, 11) is 1.19. The zero-order valence-corrected chi connectivity index (χ0v) is 18.9. The Kier molecular flexibility index (Phi) is 8.23. The minimum absolute atomic E-state index is 0.00133. The quantitative estimate of drug-likeness (QED) is 0.279. The van der Waals surface area contributed by atoms with Crippen LogP contribution in [-0.2, 0) is 22.6 Å². The Balaban J connectivity index is 1.72. The topological polar surface area (TPSA) is 107 Å². The number of methoxy groups -OCH3 is 1. The summed E-state index contributed by atoms with van der Waals surface area (Å²) in [6.45, 7) is 0.0881. The maximum Gasteiger partial charge on any atom is 0.359 e. The average molecular weight is 489 g/mol. The van der Waals surface area contributed by atoms with Crippen LogP contribution in [0.3, 0.4) is 0 Å². The molecule has 33 heavy (non-hydrogen) atoms. The van der Waals surface area contributed by atoms with Gasteiger partial charge in [-0.3, -0.25) is 4.79 Å². The first kappa shape index (κ1) is 24.0. The fourth-order valence-corrected chi connectivity index (χ4v) is 3.19. The molecule has 8 nitrogen and oxygen atoms in total. The van der Waals surface area contributed by atoms with E-state index in [9.17, 15) is 14.4 Å². The minimum atomic E-state index is -0.829. The molecule has 0 aliphatic heterocycles. The van der Waals surface area contributed by atoms with Crippen LogP contribution in [0.5, 0.6) is 0 Å². The molecule has 0 atom stereocenters. The molecular formula is C23H18Cl2N2O6. The summed E-state index contributed by atoms with van der Waals surface area (Å²) in [5, 5.41) is 7.17. The molecule has 1 heterocycles. The van der Waals surface area contributed by atoms with Crippen LogP contribution < -0.4 is 10.9 Å². The Labute approximate surface area is 198 Å². The molecule has 3 rings (SSSR count). The van der Waals surface area contributed by atoms with Crippen LogP contribution in [0.4, 0.5) is 5.69 Å². The Morgan fingerprint density at radius 1 is 1.12 bits per heavy atom. The molecule has 0 bridgehead atoms. The second-order valence-electron chi connectivity index (χ2n) is 6.60. The predicted octanol–water partition coefficient (Wildman–Crippen LogP) is 4.73. The first-order chi connectivity index (χ1) is 15.9. The second kappa shape index (κ2) is 11.3. The molecule has 0 unspecified atom stereocenters. The maximum absolute atomic E-state index is 12.4. The molecule has 0 fully saturated rings. The number of nitrogens with one attached hydrogen (secondary N) is 1. The van der Waals surface area contributed by atoms with Gasteiger partial charge in [-0.25, -0.2) is 9.59 Å². The van der Waals surface area contributed by atoms with Gasteiger partial charge in [-0.1, -0.05) is 52.6 Å². The molecule has 0 aliphatic carbocycles. The first-order valence-corrected chi connectivity index (χ1v) is 10.3. The Morgan fingerprint density at radius 3 is 2.58 bits per heavy atom. The van der Waals surface area contributed by atoms with E-state index < -0.39 is 17.5 Å². The third-order valence-electron chi connectivity index (χ3n) is 4.38. The summed E-state index contributed by atoms with van der Waals surface area (Å²) in [6.07, 6.45) is 1.28. The number of carbonyl (C=O) groups excluding carboxylic acids is 2. The third-order valence-corrected chi connectivity index (χ3v) is 4.96. The molecular weight excluding hydrogens is 471 g/mol. The number of ether oxygens (including phenoxy) is 1. The summed E-state index contributed by atoms with van der Waals surface area (Å²) in [5.41, 5.74) is -0.0420. The largest absolute Gasteiger partial charge is 0.465 e. The smallest absolute Gasteiger partial charge is 0.359 e. The number of amides is 1. The van der Waals surface area contributed by atoms with Gasteiger partial charge < -0.3 is 19.3 Å². The molecule has 1 aromatic heterocycles. The monoisotopic (exact) mass is 488 g/mol. The van der Waals surface area contributed by atoms with Crippen LogP contribution in [0.2, 0.25) is 10.0 Å². The molecule has 1 N–H and O–H groups in total. The van der Waals surface area contributed by atoms with Gasteiger partial charge in [-0.15, -0.1) is 0 Å². The molecule has 1 amide bonds. The number of carbonyl (C=O) groups is 2. The minimum Gasteiger partial charge on any atom is -0.465 e. The summed E-state index contributed by atoms with van der Waals surface area (Å²) < 4.78 is 10.00. The van der Waals surface area contributed by atoms with Crippen molar-refractivity contribution in [2.75, 3.05) is 12.4 Å². The molecule has 0 radical (unpaired) electrons. The highest BCUT2D eigenvalue weighted by atomic mass is 35.5. The molecule has 0 saturated heterocycles. The van der Waals surface area contributed by atoms with Crippen molar-refractivity contribution in [3.05, 3.63) is 97.5 Å². The van der Waals surface area contributed by atoms with Crippen molar-refractivity contribution >= 4 is 47.0 Å². The van der Waals surface area contributed by atoms with E-state index in [1.54, 1.807) is 48.5 Å². The van der Waals surface area contributed by atoms with E-state index in [2.05, 4.69) is 10.5 Å². The second-order valence-corrected chi connectivity index (χ2v) is 7.44. The number of rotatable bonds is 8. The van der Waals surface area contributed by atoms with E-state index >= 15 is 0 Å². The van der Waals surface area contributed by atoms with Gasteiger partial charge in [0, 0.05) is 27.6 Å². The van der Waals surface area contributed by atoms with E-state index in [0.29, 0.717) is 21.2 Å². The van der Waals surface area contributed by atoms with Gasteiger partial charge in [0.1, 0.15) is 23.6 Å². The Hall–Kier alpha value is -3.62. The normalized spacial score (nSPS) is 10.8. The molecule has 0 aliphatic rings. The Bertz CT molecular complexity index is 1240. The van der Waals surface area contributed by atoms with Gasteiger partial charge >= 0.3 is 11.6 Å². The van der Waals surface area contributed by atoms with Gasteiger partial charge in [0.2, 0.25) is 0 Å². The van der Waals surface area contributed by atoms with Crippen molar-refractivity contribution in [3.8, 4) is 0 Å². The molecule has 2 aromatic carbocycles. The van der Waals surface area contributed by atoms with Crippen LogP contribution in [-0.4, -0.2) is 25.2 Å². The van der Waals surface area contributed by atoms with Crippen LogP contribution in [0.15, 0.2) is 69.0 Å². The lowest BCUT2D eigenvalue weighted by Crippen LogP contribution is -2.20. The summed E-state index contributed by atoms with van der Waals surface area (Å²) >= 11 is 11.9. The number of hydrogen-bond donors (Lipinski definition) is 1. The van der Waals surface area contributed by atoms with Crippen LogP contribution >= 0.6 is 23.2 Å². The van der Waals surface area contributed by atoms with E-state index in [4.69, 9.17) is 37.2 Å². The zero-order chi connectivity index (χ0) is 23.8. The number of halogens is 2. The predicted molar refractivity (Wildman–Crippen MR) is 124 cm³/mol. The lowest BCUT2D eigenvalue weighted by atomic mass is 10.1. The molecule has 170 valence electrons. The summed E-state index contributed by atoms with van der Waals surface area (Å²) in [5.74, 6) is -1.27. The third kappa shape index (κ3) is 6.44. The molecule has 10 heteroatoms. The van der Waals surface area contributed by atoms with E-state index in [0.717, 1.165) is 0 Å². The van der Waals surface area contributed by atoms with Gasteiger partial charge in [-0.2, -0.15) is 0 Å². The van der Waals surface area contributed by atoms with Crippen molar-refractivity contribution in [3.63, 3.8) is 0 Å². The fraction of sp³-hybridized carbons (Fsp3) is 0.130. The van der Waals surface area contributed by atoms with Crippen LogP contribution in [0.25, 0.3) is 0 Å². The molecule has 3 aromatic rings. The van der Waals surface area contributed by atoms with Crippen LogP contribution in [0.1, 0.15) is 32.0 Å². The lowest BCUT2D eigenvalue weighted by molar-refractivity contribution is 0.0595. The lowest BCUT2D eigenvalue weighted by Gasteiger charge is -2.08. The standard InChI is InChI=1S/C23H18Cl2N2O6/c1-31-22(29)17-12-19(27-21(28)14-5-3-2-4-6-14)23(30)33-20(17)9-10-26-32-13-15-7-8-16(24)11-18(15)25/h2-8,10-12H,9,13H2,1H3,(H,27,28)/b26-10+. The van der Waals surface area contributed by atoms with Gasteiger partial charge in [0.05, 0.1) is 13.3 Å². The molecule has 0 spiro atoms. The average Bonchev–Trinajstić information content (AvgIpc) is 2.81. The van der Waals surface area contributed by atoms with Crippen molar-refractivity contribution in [2.24, 2.45) is 5.16 Å².